The Bertz CT molecular complexity index is 530. The highest BCUT2D eigenvalue weighted by molar-refractivity contribution is 5.73. The summed E-state index contributed by atoms with van der Waals surface area (Å²) in [4.78, 5) is 2.97. The summed E-state index contributed by atoms with van der Waals surface area (Å²) in [5, 5.41) is 8.96. The third-order valence-corrected chi connectivity index (χ3v) is 2.55. The number of nitrogens with one attached hydrogen (secondary N) is 1. The van der Waals surface area contributed by atoms with Crippen molar-refractivity contribution < 1.29 is 0 Å². The van der Waals surface area contributed by atoms with Gasteiger partial charge in [-0.25, -0.2) is 0 Å². The molecule has 0 amide bonds. The zero-order valence-electron chi connectivity index (χ0n) is 8.83. The van der Waals surface area contributed by atoms with Crippen molar-refractivity contribution >= 4 is 0 Å². The average Bonchev–Trinajstić information content (AvgIpc) is 2.69. The van der Waals surface area contributed by atoms with Gasteiger partial charge in [-0.1, -0.05) is 23.8 Å². The maximum absolute atomic E-state index is 8.96. The molecule has 1 aromatic carbocycles. The number of aromatic amines is 1. The fourth-order valence-electron chi connectivity index (χ4n) is 1.71. The van der Waals surface area contributed by atoms with Gasteiger partial charge in [-0.15, -0.1) is 0 Å². The van der Waals surface area contributed by atoms with E-state index in [9.17, 15) is 0 Å². The molecule has 1 N–H and O–H groups in total. The quantitative estimate of drug-likeness (QED) is 0.747. The normalized spacial score (nSPS) is 9.93. The first-order valence-corrected chi connectivity index (χ1v) is 4.87. The van der Waals surface area contributed by atoms with Gasteiger partial charge in [-0.05, 0) is 25.0 Å². The van der Waals surface area contributed by atoms with Gasteiger partial charge in [0.05, 0.1) is 5.56 Å². The molecule has 0 saturated carbocycles. The Morgan fingerprint density at radius 2 is 1.93 bits per heavy atom. The molecule has 2 rings (SSSR count). The van der Waals surface area contributed by atoms with Gasteiger partial charge >= 0.3 is 0 Å². The summed E-state index contributed by atoms with van der Waals surface area (Å²) in [5.74, 6) is 0. The van der Waals surface area contributed by atoms with E-state index in [2.05, 4.69) is 43.1 Å². The molecule has 0 spiro atoms. The average molecular weight is 196 g/mol. The Balaban J connectivity index is 2.64. The van der Waals surface area contributed by atoms with Gasteiger partial charge in [0.15, 0.2) is 0 Å². The molecule has 0 unspecified atom stereocenters. The minimum absolute atomic E-state index is 0.698. The number of H-pyrrole nitrogens is 1. The van der Waals surface area contributed by atoms with Crippen LogP contribution in [0.5, 0.6) is 0 Å². The molecule has 0 aliphatic rings. The summed E-state index contributed by atoms with van der Waals surface area (Å²) in [6.45, 7) is 4.12. The van der Waals surface area contributed by atoms with Crippen molar-refractivity contribution in [2.75, 3.05) is 0 Å². The van der Waals surface area contributed by atoms with Gasteiger partial charge in [-0.2, -0.15) is 5.26 Å². The van der Waals surface area contributed by atoms with Gasteiger partial charge < -0.3 is 4.98 Å². The number of aromatic nitrogens is 1. The fraction of sp³-hybridized carbons (Fsp3) is 0.154. The molecular weight excluding hydrogens is 184 g/mol. The number of nitriles is 1. The van der Waals surface area contributed by atoms with E-state index >= 15 is 0 Å². The predicted octanol–water partition coefficient (Wildman–Crippen LogP) is 3.17. The van der Waals surface area contributed by atoms with Crippen LogP contribution < -0.4 is 0 Å². The van der Waals surface area contributed by atoms with Crippen LogP contribution in [0.2, 0.25) is 0 Å². The van der Waals surface area contributed by atoms with E-state index in [-0.39, 0.29) is 0 Å². The van der Waals surface area contributed by atoms with Crippen LogP contribution in [-0.4, -0.2) is 4.98 Å². The lowest BCUT2D eigenvalue weighted by molar-refractivity contribution is 1.38. The van der Waals surface area contributed by atoms with Crippen LogP contribution >= 0.6 is 0 Å². The van der Waals surface area contributed by atoms with E-state index in [1.54, 1.807) is 6.20 Å². The predicted molar refractivity (Wildman–Crippen MR) is 60.4 cm³/mol. The van der Waals surface area contributed by atoms with Crippen molar-refractivity contribution in [1.82, 2.24) is 4.98 Å². The summed E-state index contributed by atoms with van der Waals surface area (Å²) in [6, 6.07) is 8.46. The molecule has 0 atom stereocenters. The molecule has 0 fully saturated rings. The van der Waals surface area contributed by atoms with Crippen LogP contribution in [0.4, 0.5) is 0 Å². The van der Waals surface area contributed by atoms with Crippen LogP contribution in [0.25, 0.3) is 11.1 Å². The smallest absolute Gasteiger partial charge is 0.101 e. The SMILES string of the molecule is Cc1ccc(C)c(-c2c[nH]cc2C#N)c1. The maximum atomic E-state index is 8.96. The van der Waals surface area contributed by atoms with Crippen LogP contribution in [0, 0.1) is 25.2 Å². The molecule has 0 radical (unpaired) electrons. The number of aryl methyl sites for hydroxylation is 2. The van der Waals surface area contributed by atoms with Crippen LogP contribution in [0.15, 0.2) is 30.6 Å². The van der Waals surface area contributed by atoms with E-state index in [1.165, 1.54) is 11.1 Å². The van der Waals surface area contributed by atoms with Crippen LogP contribution in [0.1, 0.15) is 16.7 Å². The second-order valence-electron chi connectivity index (χ2n) is 3.71. The Morgan fingerprint density at radius 3 is 2.67 bits per heavy atom. The topological polar surface area (TPSA) is 39.6 Å². The Hall–Kier alpha value is -2.01. The second-order valence-corrected chi connectivity index (χ2v) is 3.71. The lowest BCUT2D eigenvalue weighted by Gasteiger charge is -2.05. The molecule has 2 heteroatoms. The highest BCUT2D eigenvalue weighted by Gasteiger charge is 2.08. The van der Waals surface area contributed by atoms with Gasteiger partial charge in [0.2, 0.25) is 0 Å². The largest absolute Gasteiger partial charge is 0.366 e. The zero-order valence-corrected chi connectivity index (χ0v) is 8.83. The van der Waals surface area contributed by atoms with Gasteiger partial charge in [0.25, 0.3) is 0 Å². The molecule has 0 saturated heterocycles. The van der Waals surface area contributed by atoms with Crippen LogP contribution in [0.3, 0.4) is 0 Å². The van der Waals surface area contributed by atoms with Crippen molar-refractivity contribution in [2.45, 2.75) is 13.8 Å². The first kappa shape index (κ1) is 9.54. The number of nitrogens with zero attached hydrogens (tertiary/aromatic N) is 1. The van der Waals surface area contributed by atoms with Crippen molar-refractivity contribution in [3.05, 3.63) is 47.3 Å². The monoisotopic (exact) mass is 196 g/mol. The molecule has 0 bridgehead atoms. The molecule has 1 aromatic heterocycles. The number of hydrogen-bond acceptors (Lipinski definition) is 1. The van der Waals surface area contributed by atoms with E-state index in [0.29, 0.717) is 5.56 Å². The minimum Gasteiger partial charge on any atom is -0.366 e. The summed E-state index contributed by atoms with van der Waals surface area (Å²) in [6.07, 6.45) is 3.61. The van der Waals surface area contributed by atoms with Gasteiger partial charge in [-0.3, -0.25) is 0 Å². The van der Waals surface area contributed by atoms with E-state index in [1.807, 2.05) is 6.20 Å². The zero-order chi connectivity index (χ0) is 10.8. The summed E-state index contributed by atoms with van der Waals surface area (Å²) >= 11 is 0. The van der Waals surface area contributed by atoms with E-state index < -0.39 is 0 Å². The molecule has 0 aliphatic carbocycles. The first-order chi connectivity index (χ1) is 7.22. The number of hydrogen-bond donors (Lipinski definition) is 1. The van der Waals surface area contributed by atoms with Gasteiger partial charge in [0.1, 0.15) is 6.07 Å². The van der Waals surface area contributed by atoms with E-state index in [0.717, 1.165) is 11.1 Å². The summed E-state index contributed by atoms with van der Waals surface area (Å²) in [7, 11) is 0. The Kier molecular flexibility index (Phi) is 2.31. The molecular formula is C13H12N2. The molecule has 2 aromatic rings. The highest BCUT2D eigenvalue weighted by Crippen LogP contribution is 2.27. The van der Waals surface area contributed by atoms with Crippen molar-refractivity contribution in [1.29, 1.82) is 5.26 Å². The molecule has 0 aliphatic heterocycles. The minimum atomic E-state index is 0.698. The third-order valence-electron chi connectivity index (χ3n) is 2.55. The van der Waals surface area contributed by atoms with Crippen molar-refractivity contribution in [3.8, 4) is 17.2 Å². The highest BCUT2D eigenvalue weighted by atomic mass is 14.6. The molecule has 2 nitrogen and oxygen atoms in total. The first-order valence-electron chi connectivity index (χ1n) is 4.87. The fourth-order valence-corrected chi connectivity index (χ4v) is 1.71. The summed E-state index contributed by atoms with van der Waals surface area (Å²) in [5.41, 5.74) is 5.22. The number of benzene rings is 1. The Labute approximate surface area is 89.2 Å². The Morgan fingerprint density at radius 1 is 1.13 bits per heavy atom. The van der Waals surface area contributed by atoms with Crippen molar-refractivity contribution in [3.63, 3.8) is 0 Å². The van der Waals surface area contributed by atoms with Crippen LogP contribution in [-0.2, 0) is 0 Å². The van der Waals surface area contributed by atoms with Crippen molar-refractivity contribution in [2.24, 2.45) is 0 Å². The third kappa shape index (κ3) is 1.64. The lowest BCUT2D eigenvalue weighted by atomic mass is 9.98. The number of rotatable bonds is 1. The molecule has 74 valence electrons. The lowest BCUT2D eigenvalue weighted by Crippen LogP contribution is -1.85. The second kappa shape index (κ2) is 3.62. The molecule has 15 heavy (non-hydrogen) atoms. The van der Waals surface area contributed by atoms with Gasteiger partial charge in [0, 0.05) is 18.0 Å². The molecule has 1 heterocycles. The standard InChI is InChI=1S/C13H12N2/c1-9-3-4-10(2)12(5-9)13-8-15-7-11(13)6-14/h3-5,7-8,15H,1-2H3. The van der Waals surface area contributed by atoms with E-state index in [4.69, 9.17) is 5.26 Å². The summed E-state index contributed by atoms with van der Waals surface area (Å²) < 4.78 is 0. The maximum Gasteiger partial charge on any atom is 0.101 e.